The highest BCUT2D eigenvalue weighted by atomic mass is 16.5. The monoisotopic (exact) mass is 312 g/mol. The van der Waals surface area contributed by atoms with Gasteiger partial charge in [0.05, 0.1) is 19.2 Å². The van der Waals surface area contributed by atoms with Gasteiger partial charge in [-0.15, -0.1) is 0 Å². The van der Waals surface area contributed by atoms with Crippen LogP contribution in [-0.2, 0) is 4.79 Å². The maximum atomic E-state index is 12.2. The Morgan fingerprint density at radius 1 is 1.30 bits per heavy atom. The second-order valence-electron chi connectivity index (χ2n) is 5.22. The van der Waals surface area contributed by atoms with Gasteiger partial charge < -0.3 is 15.0 Å². The number of likely N-dealkylation sites (tertiary alicyclic amines) is 1. The van der Waals surface area contributed by atoms with E-state index in [0.717, 1.165) is 0 Å². The minimum Gasteiger partial charge on any atom is -0.497 e. The van der Waals surface area contributed by atoms with Crippen molar-refractivity contribution in [3.63, 3.8) is 0 Å². The van der Waals surface area contributed by atoms with Crippen LogP contribution in [0.2, 0.25) is 0 Å². The third-order valence-electron chi connectivity index (χ3n) is 3.66. The number of hydrogen-bond acceptors (Lipinski definition) is 5. The molecule has 7 heteroatoms. The van der Waals surface area contributed by atoms with Gasteiger partial charge in [0, 0.05) is 37.2 Å². The van der Waals surface area contributed by atoms with Crippen molar-refractivity contribution in [1.29, 1.82) is 0 Å². The molecule has 0 aliphatic carbocycles. The molecule has 1 N–H and O–H groups in total. The van der Waals surface area contributed by atoms with Crippen molar-refractivity contribution < 1.29 is 14.3 Å². The highest BCUT2D eigenvalue weighted by molar-refractivity contribution is 5.97. The molecule has 0 bridgehead atoms. The predicted octanol–water partition coefficient (Wildman–Crippen LogP) is 1.20. The number of nitrogens with one attached hydrogen (secondary N) is 1. The average Bonchev–Trinajstić information content (AvgIpc) is 2.54. The third kappa shape index (κ3) is 3.28. The molecule has 0 radical (unpaired) electrons. The van der Waals surface area contributed by atoms with Gasteiger partial charge in [-0.05, 0) is 12.1 Å². The summed E-state index contributed by atoms with van der Waals surface area (Å²) >= 11 is 0. The average molecular weight is 312 g/mol. The molecule has 0 spiro atoms. The van der Waals surface area contributed by atoms with Crippen molar-refractivity contribution in [2.75, 3.05) is 25.5 Å². The van der Waals surface area contributed by atoms with Crippen molar-refractivity contribution in [1.82, 2.24) is 14.9 Å². The van der Waals surface area contributed by atoms with Gasteiger partial charge in [-0.25, -0.2) is 4.98 Å². The quantitative estimate of drug-likeness (QED) is 0.917. The molecule has 0 saturated carbocycles. The Labute approximate surface area is 133 Å². The van der Waals surface area contributed by atoms with Crippen LogP contribution in [0.5, 0.6) is 5.75 Å². The summed E-state index contributed by atoms with van der Waals surface area (Å²) < 4.78 is 5.12. The second-order valence-corrected chi connectivity index (χ2v) is 5.22. The smallest absolute Gasteiger partial charge is 0.274 e. The SMILES string of the molecule is COc1cccc(NC(=O)C2CN(C(=O)c3cnccn3)C2)c1. The lowest BCUT2D eigenvalue weighted by Crippen LogP contribution is -2.54. The van der Waals surface area contributed by atoms with Crippen LogP contribution < -0.4 is 10.1 Å². The van der Waals surface area contributed by atoms with Crippen molar-refractivity contribution in [2.24, 2.45) is 5.92 Å². The van der Waals surface area contributed by atoms with E-state index in [1.54, 1.807) is 36.3 Å². The number of aromatic nitrogens is 2. The lowest BCUT2D eigenvalue weighted by Gasteiger charge is -2.37. The van der Waals surface area contributed by atoms with Crippen LogP contribution in [-0.4, -0.2) is 46.9 Å². The van der Waals surface area contributed by atoms with Crippen LogP contribution in [0.1, 0.15) is 10.5 Å². The molecule has 7 nitrogen and oxygen atoms in total. The molecule has 2 heterocycles. The Morgan fingerprint density at radius 2 is 2.13 bits per heavy atom. The number of amides is 2. The molecule has 1 aliphatic rings. The molecule has 3 rings (SSSR count). The van der Waals surface area contributed by atoms with Crippen LogP contribution in [0.25, 0.3) is 0 Å². The molecule has 118 valence electrons. The minimum absolute atomic E-state index is 0.110. The molecule has 2 amide bonds. The van der Waals surface area contributed by atoms with E-state index in [2.05, 4.69) is 15.3 Å². The van der Waals surface area contributed by atoms with Gasteiger partial charge in [-0.2, -0.15) is 0 Å². The molecule has 2 aromatic rings. The number of anilines is 1. The highest BCUT2D eigenvalue weighted by Gasteiger charge is 2.36. The summed E-state index contributed by atoms with van der Waals surface area (Å²) in [7, 11) is 1.57. The first-order chi connectivity index (χ1) is 11.2. The molecule has 23 heavy (non-hydrogen) atoms. The molecule has 0 unspecified atom stereocenters. The topological polar surface area (TPSA) is 84.4 Å². The van der Waals surface area contributed by atoms with Crippen LogP contribution in [0, 0.1) is 5.92 Å². The van der Waals surface area contributed by atoms with Crippen LogP contribution in [0.4, 0.5) is 5.69 Å². The van der Waals surface area contributed by atoms with Gasteiger partial charge in [-0.3, -0.25) is 14.6 Å². The number of benzene rings is 1. The van der Waals surface area contributed by atoms with Gasteiger partial charge in [0.2, 0.25) is 5.91 Å². The number of carbonyl (C=O) groups excluding carboxylic acids is 2. The molecule has 1 fully saturated rings. The van der Waals surface area contributed by atoms with Crippen LogP contribution in [0.3, 0.4) is 0 Å². The van der Waals surface area contributed by atoms with Crippen molar-refractivity contribution in [2.45, 2.75) is 0 Å². The van der Waals surface area contributed by atoms with Crippen molar-refractivity contribution in [3.8, 4) is 5.75 Å². The summed E-state index contributed by atoms with van der Waals surface area (Å²) in [6, 6.07) is 7.15. The normalized spacial score (nSPS) is 14.0. The Bertz CT molecular complexity index is 714. The highest BCUT2D eigenvalue weighted by Crippen LogP contribution is 2.21. The minimum atomic E-state index is -0.221. The number of nitrogens with zero attached hydrogens (tertiary/aromatic N) is 3. The summed E-state index contributed by atoms with van der Waals surface area (Å²) in [6.07, 6.45) is 4.41. The number of ether oxygens (including phenoxy) is 1. The zero-order chi connectivity index (χ0) is 16.2. The van der Waals surface area contributed by atoms with Gasteiger partial charge in [0.15, 0.2) is 0 Å². The van der Waals surface area contributed by atoms with Gasteiger partial charge in [0.25, 0.3) is 5.91 Å². The number of hydrogen-bond donors (Lipinski definition) is 1. The second kappa shape index (κ2) is 6.43. The fourth-order valence-electron chi connectivity index (χ4n) is 2.33. The van der Waals surface area contributed by atoms with E-state index in [9.17, 15) is 9.59 Å². The van der Waals surface area contributed by atoms with Crippen molar-refractivity contribution in [3.05, 3.63) is 48.5 Å². The zero-order valence-electron chi connectivity index (χ0n) is 12.6. The summed E-state index contributed by atoms with van der Waals surface area (Å²) in [5.41, 5.74) is 0.965. The lowest BCUT2D eigenvalue weighted by atomic mass is 9.98. The van der Waals surface area contributed by atoms with E-state index in [-0.39, 0.29) is 17.7 Å². The van der Waals surface area contributed by atoms with E-state index in [0.29, 0.717) is 30.2 Å². The third-order valence-corrected chi connectivity index (χ3v) is 3.66. The van der Waals surface area contributed by atoms with Gasteiger partial charge >= 0.3 is 0 Å². The van der Waals surface area contributed by atoms with Gasteiger partial charge in [0.1, 0.15) is 11.4 Å². The van der Waals surface area contributed by atoms with E-state index in [1.807, 2.05) is 0 Å². The Hall–Kier alpha value is -2.96. The molecular weight excluding hydrogens is 296 g/mol. The first kappa shape index (κ1) is 15.0. The standard InChI is InChI=1S/C16H16N4O3/c1-23-13-4-2-3-12(7-13)19-15(21)11-9-20(10-11)16(22)14-8-17-5-6-18-14/h2-8,11H,9-10H2,1H3,(H,19,21). The largest absolute Gasteiger partial charge is 0.497 e. The van der Waals surface area contributed by atoms with E-state index in [4.69, 9.17) is 4.74 Å². The molecule has 1 aromatic carbocycles. The maximum Gasteiger partial charge on any atom is 0.274 e. The van der Waals surface area contributed by atoms with E-state index < -0.39 is 0 Å². The zero-order valence-corrected chi connectivity index (χ0v) is 12.6. The number of carbonyl (C=O) groups is 2. The molecule has 0 atom stereocenters. The number of rotatable bonds is 4. The molecular formula is C16H16N4O3. The lowest BCUT2D eigenvalue weighted by molar-refractivity contribution is -0.123. The van der Waals surface area contributed by atoms with E-state index >= 15 is 0 Å². The van der Waals surface area contributed by atoms with Crippen molar-refractivity contribution >= 4 is 17.5 Å². The van der Waals surface area contributed by atoms with Crippen LogP contribution >= 0.6 is 0 Å². The maximum absolute atomic E-state index is 12.2. The fourth-order valence-corrected chi connectivity index (χ4v) is 2.33. The first-order valence-corrected chi connectivity index (χ1v) is 7.17. The van der Waals surface area contributed by atoms with E-state index in [1.165, 1.54) is 18.6 Å². The Kier molecular flexibility index (Phi) is 4.18. The predicted molar refractivity (Wildman–Crippen MR) is 83.0 cm³/mol. The Balaban J connectivity index is 1.54. The Morgan fingerprint density at radius 3 is 2.83 bits per heavy atom. The fraction of sp³-hybridized carbons (Fsp3) is 0.250. The summed E-state index contributed by atoms with van der Waals surface area (Å²) in [6.45, 7) is 0.760. The molecule has 1 saturated heterocycles. The summed E-state index contributed by atoms with van der Waals surface area (Å²) in [5, 5.41) is 2.83. The summed E-state index contributed by atoms with van der Waals surface area (Å²) in [4.78, 5) is 33.7. The first-order valence-electron chi connectivity index (χ1n) is 7.17. The van der Waals surface area contributed by atoms with Crippen LogP contribution in [0.15, 0.2) is 42.9 Å². The summed E-state index contributed by atoms with van der Waals surface area (Å²) in [5.74, 6) is 0.141. The van der Waals surface area contributed by atoms with Gasteiger partial charge in [-0.1, -0.05) is 6.07 Å². The molecule has 1 aromatic heterocycles. The number of methoxy groups -OCH3 is 1. The molecule has 1 aliphatic heterocycles.